The van der Waals surface area contributed by atoms with Gasteiger partial charge in [0.2, 0.25) is 5.91 Å². The summed E-state index contributed by atoms with van der Waals surface area (Å²) in [4.78, 5) is 20.8. The summed E-state index contributed by atoms with van der Waals surface area (Å²) in [5.74, 6) is 1.35. The number of nitrogens with zero attached hydrogens (tertiary/aromatic N) is 3. The van der Waals surface area contributed by atoms with Gasteiger partial charge in [0.25, 0.3) is 0 Å². The second-order valence-electron chi connectivity index (χ2n) is 6.79. The Morgan fingerprint density at radius 3 is 2.37 bits per heavy atom. The third-order valence-electron chi connectivity index (χ3n) is 5.06. The highest BCUT2D eigenvalue weighted by molar-refractivity contribution is 5.92. The van der Waals surface area contributed by atoms with Gasteiger partial charge >= 0.3 is 0 Å². The minimum absolute atomic E-state index is 0.0507. The first-order valence-corrected chi connectivity index (χ1v) is 9.25. The highest BCUT2D eigenvalue weighted by Crippen LogP contribution is 2.33. The number of anilines is 1. The Morgan fingerprint density at radius 1 is 1.11 bits per heavy atom. The second-order valence-corrected chi connectivity index (χ2v) is 6.79. The number of methoxy groups -OCH3 is 2. The first-order valence-electron chi connectivity index (χ1n) is 9.25. The normalized spacial score (nSPS) is 15.4. The number of aromatic nitrogens is 1. The molecule has 0 unspecified atom stereocenters. The summed E-state index contributed by atoms with van der Waals surface area (Å²) in [6, 6.07) is 9.95. The van der Waals surface area contributed by atoms with E-state index in [2.05, 4.69) is 22.0 Å². The number of ether oxygens (including phenoxy) is 2. The molecule has 0 spiro atoms. The van der Waals surface area contributed by atoms with Gasteiger partial charge in [0.15, 0.2) is 11.5 Å². The molecule has 27 heavy (non-hydrogen) atoms. The molecule has 0 saturated carbocycles. The third kappa shape index (κ3) is 4.57. The molecule has 0 radical (unpaired) electrons. The van der Waals surface area contributed by atoms with E-state index in [0.29, 0.717) is 11.5 Å². The van der Waals surface area contributed by atoms with Crippen molar-refractivity contribution in [3.8, 4) is 11.5 Å². The van der Waals surface area contributed by atoms with Crippen LogP contribution < -0.4 is 14.4 Å². The van der Waals surface area contributed by atoms with E-state index >= 15 is 0 Å². The van der Waals surface area contributed by atoms with Crippen LogP contribution in [0.1, 0.15) is 25.3 Å². The van der Waals surface area contributed by atoms with Gasteiger partial charge in [-0.1, -0.05) is 0 Å². The molecule has 0 N–H and O–H groups in total. The number of piperidine rings is 1. The third-order valence-corrected chi connectivity index (χ3v) is 5.06. The fourth-order valence-electron chi connectivity index (χ4n) is 3.71. The Bertz CT molecular complexity index is 759. The molecule has 3 rings (SSSR count). The van der Waals surface area contributed by atoms with Crippen molar-refractivity contribution in [2.24, 2.45) is 0 Å². The van der Waals surface area contributed by atoms with Crippen LogP contribution in [-0.2, 0) is 11.3 Å². The van der Waals surface area contributed by atoms with Crippen molar-refractivity contribution in [1.29, 1.82) is 0 Å². The van der Waals surface area contributed by atoms with Crippen LogP contribution in [0.15, 0.2) is 42.7 Å². The molecular formula is C21H27N3O3. The molecule has 1 amide bonds. The quantitative estimate of drug-likeness (QED) is 0.783. The van der Waals surface area contributed by atoms with Crippen molar-refractivity contribution in [1.82, 2.24) is 9.88 Å². The van der Waals surface area contributed by atoms with Gasteiger partial charge in [0.05, 0.1) is 14.2 Å². The molecule has 2 aromatic rings. The zero-order chi connectivity index (χ0) is 19.2. The predicted molar refractivity (Wildman–Crippen MR) is 105 cm³/mol. The lowest BCUT2D eigenvalue weighted by Gasteiger charge is -2.38. The standard InChI is InChI=1S/C21H27N3O3/c1-16(25)24(19-4-5-20(26-2)21(14-19)27-3)18-8-12-23(13-9-18)15-17-6-10-22-11-7-17/h4-7,10-11,14,18H,8-9,12-13,15H2,1-3H3. The van der Waals surface area contributed by atoms with E-state index in [4.69, 9.17) is 9.47 Å². The number of hydrogen-bond acceptors (Lipinski definition) is 5. The molecular weight excluding hydrogens is 342 g/mol. The van der Waals surface area contributed by atoms with E-state index in [1.807, 2.05) is 35.5 Å². The number of amides is 1. The molecule has 0 aliphatic carbocycles. The number of rotatable bonds is 6. The van der Waals surface area contributed by atoms with Crippen LogP contribution in [0.5, 0.6) is 11.5 Å². The number of benzene rings is 1. The summed E-state index contributed by atoms with van der Waals surface area (Å²) < 4.78 is 10.7. The van der Waals surface area contributed by atoms with Crippen LogP contribution in [0.4, 0.5) is 5.69 Å². The molecule has 144 valence electrons. The van der Waals surface area contributed by atoms with Crippen molar-refractivity contribution < 1.29 is 14.3 Å². The van der Waals surface area contributed by atoms with E-state index < -0.39 is 0 Å². The van der Waals surface area contributed by atoms with Gasteiger partial charge in [0.1, 0.15) is 0 Å². The first kappa shape index (κ1) is 19.2. The van der Waals surface area contributed by atoms with Crippen LogP contribution in [0.25, 0.3) is 0 Å². The zero-order valence-electron chi connectivity index (χ0n) is 16.2. The Balaban J connectivity index is 1.69. The van der Waals surface area contributed by atoms with Crippen LogP contribution in [0.3, 0.4) is 0 Å². The molecule has 1 aromatic heterocycles. The van der Waals surface area contributed by atoms with Gasteiger partial charge in [-0.05, 0) is 42.7 Å². The molecule has 2 heterocycles. The largest absolute Gasteiger partial charge is 0.493 e. The number of likely N-dealkylation sites (tertiary alicyclic amines) is 1. The lowest BCUT2D eigenvalue weighted by Crippen LogP contribution is -2.46. The predicted octanol–water partition coefficient (Wildman–Crippen LogP) is 3.12. The van der Waals surface area contributed by atoms with Gasteiger partial charge in [-0.15, -0.1) is 0 Å². The topological polar surface area (TPSA) is 54.9 Å². The summed E-state index contributed by atoms with van der Waals surface area (Å²) in [5, 5.41) is 0. The average molecular weight is 369 g/mol. The summed E-state index contributed by atoms with van der Waals surface area (Å²) in [6.45, 7) is 4.47. The van der Waals surface area contributed by atoms with Crippen LogP contribution in [0.2, 0.25) is 0 Å². The van der Waals surface area contributed by atoms with Crippen LogP contribution in [-0.4, -0.2) is 49.1 Å². The number of hydrogen-bond donors (Lipinski definition) is 0. The highest BCUT2D eigenvalue weighted by Gasteiger charge is 2.28. The molecule has 1 aliphatic heterocycles. The minimum atomic E-state index is 0.0507. The average Bonchev–Trinajstić information content (AvgIpc) is 2.70. The van der Waals surface area contributed by atoms with Gasteiger partial charge in [-0.3, -0.25) is 14.7 Å². The van der Waals surface area contributed by atoms with E-state index in [1.165, 1.54) is 5.56 Å². The van der Waals surface area contributed by atoms with Crippen molar-refractivity contribution in [3.63, 3.8) is 0 Å². The lowest BCUT2D eigenvalue weighted by molar-refractivity contribution is -0.117. The molecule has 6 heteroatoms. The number of carbonyl (C=O) groups is 1. The van der Waals surface area contributed by atoms with Crippen LogP contribution >= 0.6 is 0 Å². The van der Waals surface area contributed by atoms with E-state index in [0.717, 1.165) is 38.2 Å². The molecule has 1 saturated heterocycles. The molecule has 0 bridgehead atoms. The highest BCUT2D eigenvalue weighted by atomic mass is 16.5. The van der Waals surface area contributed by atoms with Crippen molar-refractivity contribution in [3.05, 3.63) is 48.3 Å². The fraction of sp³-hybridized carbons (Fsp3) is 0.429. The van der Waals surface area contributed by atoms with Gasteiger partial charge < -0.3 is 14.4 Å². The summed E-state index contributed by atoms with van der Waals surface area (Å²) >= 11 is 0. The van der Waals surface area contributed by atoms with E-state index in [1.54, 1.807) is 21.1 Å². The number of pyridine rings is 1. The fourth-order valence-corrected chi connectivity index (χ4v) is 3.71. The van der Waals surface area contributed by atoms with Crippen molar-refractivity contribution in [2.45, 2.75) is 32.4 Å². The summed E-state index contributed by atoms with van der Waals surface area (Å²) in [6.07, 6.45) is 5.55. The second kappa shape index (κ2) is 8.86. The Hall–Kier alpha value is -2.60. The Morgan fingerprint density at radius 2 is 1.78 bits per heavy atom. The van der Waals surface area contributed by atoms with Crippen molar-refractivity contribution >= 4 is 11.6 Å². The SMILES string of the molecule is COc1ccc(N(C(C)=O)C2CCN(Cc3ccncc3)CC2)cc1OC. The molecule has 1 fully saturated rings. The Kier molecular flexibility index (Phi) is 6.29. The van der Waals surface area contributed by atoms with Crippen LogP contribution in [0, 0.1) is 0 Å². The Labute approximate surface area is 160 Å². The maximum atomic E-state index is 12.4. The number of carbonyl (C=O) groups excluding carboxylic acids is 1. The van der Waals surface area contributed by atoms with Gasteiger partial charge in [-0.2, -0.15) is 0 Å². The minimum Gasteiger partial charge on any atom is -0.493 e. The lowest BCUT2D eigenvalue weighted by atomic mass is 10.0. The van der Waals surface area contributed by atoms with Crippen molar-refractivity contribution in [2.75, 3.05) is 32.2 Å². The molecule has 1 aromatic carbocycles. The smallest absolute Gasteiger partial charge is 0.224 e. The molecule has 0 atom stereocenters. The molecule has 6 nitrogen and oxygen atoms in total. The van der Waals surface area contributed by atoms with E-state index in [-0.39, 0.29) is 11.9 Å². The summed E-state index contributed by atoms with van der Waals surface area (Å²) in [5.41, 5.74) is 2.12. The monoisotopic (exact) mass is 369 g/mol. The maximum Gasteiger partial charge on any atom is 0.224 e. The van der Waals surface area contributed by atoms with Gasteiger partial charge in [-0.25, -0.2) is 0 Å². The maximum absolute atomic E-state index is 12.4. The van der Waals surface area contributed by atoms with Gasteiger partial charge in [0, 0.05) is 56.7 Å². The molecule has 1 aliphatic rings. The first-order chi connectivity index (χ1) is 13.1. The zero-order valence-corrected chi connectivity index (χ0v) is 16.2. The summed E-state index contributed by atoms with van der Waals surface area (Å²) in [7, 11) is 3.22. The van der Waals surface area contributed by atoms with E-state index in [9.17, 15) is 4.79 Å².